The quantitative estimate of drug-likeness (QED) is 0.522. The van der Waals surface area contributed by atoms with Crippen LogP contribution in [0.4, 0.5) is 0 Å². The maximum Gasteiger partial charge on any atom is 0.0548 e. The maximum absolute atomic E-state index is 3.91. The van der Waals surface area contributed by atoms with Gasteiger partial charge in [0.2, 0.25) is 0 Å². The Labute approximate surface area is 67.9 Å². The van der Waals surface area contributed by atoms with Crippen LogP contribution < -0.4 is 0 Å². The molecular formula is C9H14N2. The summed E-state index contributed by atoms with van der Waals surface area (Å²) in [7, 11) is 0. The molecule has 1 rings (SSSR count). The lowest BCUT2D eigenvalue weighted by Gasteiger charge is -2.31. The molecule has 1 saturated heterocycles. The minimum atomic E-state index is 0.610. The summed E-state index contributed by atoms with van der Waals surface area (Å²) in [5.41, 5.74) is 1.99. The second kappa shape index (κ2) is 2.91. The maximum atomic E-state index is 3.91. The van der Waals surface area contributed by atoms with Gasteiger partial charge in [-0.3, -0.25) is 5.01 Å². The van der Waals surface area contributed by atoms with Crippen molar-refractivity contribution in [2.75, 3.05) is 6.54 Å². The van der Waals surface area contributed by atoms with Crippen molar-refractivity contribution >= 4 is 6.72 Å². The Kier molecular flexibility index (Phi) is 2.13. The molecular weight excluding hydrogens is 136 g/mol. The summed E-state index contributed by atoms with van der Waals surface area (Å²) in [6, 6.07) is 0. The molecule has 0 aromatic carbocycles. The molecule has 0 amide bonds. The van der Waals surface area contributed by atoms with Gasteiger partial charge >= 0.3 is 0 Å². The molecule has 0 spiro atoms. The topological polar surface area (TPSA) is 15.6 Å². The molecule has 2 nitrogen and oxygen atoms in total. The van der Waals surface area contributed by atoms with E-state index in [2.05, 4.69) is 31.9 Å². The zero-order valence-electron chi connectivity index (χ0n) is 7.01. The SMILES string of the molecule is C=NN1CC(C)CC(=C)C1=C. The van der Waals surface area contributed by atoms with Gasteiger partial charge in [0.05, 0.1) is 5.70 Å². The van der Waals surface area contributed by atoms with Crippen LogP contribution in [0.3, 0.4) is 0 Å². The van der Waals surface area contributed by atoms with E-state index in [-0.39, 0.29) is 0 Å². The van der Waals surface area contributed by atoms with Gasteiger partial charge in [-0.25, -0.2) is 0 Å². The van der Waals surface area contributed by atoms with Crippen LogP contribution in [-0.2, 0) is 0 Å². The molecule has 0 aromatic heterocycles. The molecule has 1 aliphatic rings. The summed E-state index contributed by atoms with van der Waals surface area (Å²) in [4.78, 5) is 0. The van der Waals surface area contributed by atoms with Crippen LogP contribution in [0.5, 0.6) is 0 Å². The zero-order chi connectivity index (χ0) is 8.43. The van der Waals surface area contributed by atoms with E-state index >= 15 is 0 Å². The second-order valence-corrected chi connectivity index (χ2v) is 3.08. The van der Waals surface area contributed by atoms with Crippen molar-refractivity contribution in [3.63, 3.8) is 0 Å². The number of hydrazone groups is 1. The molecule has 60 valence electrons. The van der Waals surface area contributed by atoms with Gasteiger partial charge in [-0.1, -0.05) is 20.1 Å². The highest BCUT2D eigenvalue weighted by molar-refractivity contribution is 5.30. The predicted octanol–water partition coefficient (Wildman–Crippen LogP) is 2.01. The van der Waals surface area contributed by atoms with Crippen molar-refractivity contribution in [2.45, 2.75) is 13.3 Å². The molecule has 0 radical (unpaired) electrons. The highest BCUT2D eigenvalue weighted by Gasteiger charge is 2.20. The lowest BCUT2D eigenvalue weighted by Crippen LogP contribution is -2.28. The Hall–Kier alpha value is -1.05. The average Bonchev–Trinajstić information content (AvgIpc) is 1.96. The fourth-order valence-corrected chi connectivity index (χ4v) is 1.33. The highest BCUT2D eigenvalue weighted by Crippen LogP contribution is 2.26. The van der Waals surface area contributed by atoms with Crippen LogP contribution in [0.25, 0.3) is 0 Å². The first kappa shape index (κ1) is 8.05. The van der Waals surface area contributed by atoms with Crippen LogP contribution in [0, 0.1) is 5.92 Å². The van der Waals surface area contributed by atoms with Crippen molar-refractivity contribution in [2.24, 2.45) is 11.0 Å². The van der Waals surface area contributed by atoms with Gasteiger partial charge in [-0.2, -0.15) is 5.10 Å². The van der Waals surface area contributed by atoms with E-state index in [1.165, 1.54) is 0 Å². The number of allylic oxidation sites excluding steroid dienone is 1. The Bertz CT molecular complexity index is 206. The lowest BCUT2D eigenvalue weighted by atomic mass is 9.96. The van der Waals surface area contributed by atoms with Crippen LogP contribution in [-0.4, -0.2) is 18.3 Å². The second-order valence-electron chi connectivity index (χ2n) is 3.08. The largest absolute Gasteiger partial charge is 0.266 e. The third-order valence-electron chi connectivity index (χ3n) is 1.97. The summed E-state index contributed by atoms with van der Waals surface area (Å²) in [6.07, 6.45) is 1.03. The van der Waals surface area contributed by atoms with E-state index in [4.69, 9.17) is 0 Å². The number of piperidine rings is 1. The third kappa shape index (κ3) is 1.50. The van der Waals surface area contributed by atoms with E-state index in [1.54, 1.807) is 0 Å². The number of hydrogen-bond donors (Lipinski definition) is 0. The lowest BCUT2D eigenvalue weighted by molar-refractivity contribution is 0.284. The van der Waals surface area contributed by atoms with Crippen molar-refractivity contribution in [1.82, 2.24) is 5.01 Å². The number of rotatable bonds is 1. The molecule has 1 heterocycles. The van der Waals surface area contributed by atoms with Gasteiger partial charge in [-0.15, -0.1) is 0 Å². The molecule has 11 heavy (non-hydrogen) atoms. The van der Waals surface area contributed by atoms with E-state index in [1.807, 2.05) is 5.01 Å². The molecule has 0 bridgehead atoms. The van der Waals surface area contributed by atoms with Crippen molar-refractivity contribution < 1.29 is 0 Å². The van der Waals surface area contributed by atoms with Gasteiger partial charge in [-0.05, 0) is 17.9 Å². The van der Waals surface area contributed by atoms with E-state index in [0.29, 0.717) is 5.92 Å². The molecule has 1 atom stereocenters. The predicted molar refractivity (Wildman–Crippen MR) is 48.3 cm³/mol. The van der Waals surface area contributed by atoms with Gasteiger partial charge in [0.25, 0.3) is 0 Å². The molecule has 0 aliphatic carbocycles. The highest BCUT2D eigenvalue weighted by atomic mass is 15.5. The van der Waals surface area contributed by atoms with E-state index < -0.39 is 0 Å². The Morgan fingerprint density at radius 1 is 1.55 bits per heavy atom. The monoisotopic (exact) mass is 150 g/mol. The summed E-state index contributed by atoms with van der Waals surface area (Å²) < 4.78 is 0. The van der Waals surface area contributed by atoms with Crippen molar-refractivity contribution in [3.8, 4) is 0 Å². The third-order valence-corrected chi connectivity index (χ3v) is 1.97. The Balaban J connectivity index is 2.74. The van der Waals surface area contributed by atoms with Crippen molar-refractivity contribution in [1.29, 1.82) is 0 Å². The molecule has 0 N–H and O–H groups in total. The van der Waals surface area contributed by atoms with Crippen LogP contribution in [0.1, 0.15) is 13.3 Å². The molecule has 0 saturated carbocycles. The molecule has 1 aliphatic heterocycles. The smallest absolute Gasteiger partial charge is 0.0548 e. The molecule has 1 unspecified atom stereocenters. The van der Waals surface area contributed by atoms with Gasteiger partial charge in [0.15, 0.2) is 0 Å². The minimum absolute atomic E-state index is 0.610. The van der Waals surface area contributed by atoms with Crippen LogP contribution in [0.2, 0.25) is 0 Å². The Morgan fingerprint density at radius 2 is 2.18 bits per heavy atom. The fraction of sp³-hybridized carbons (Fsp3) is 0.444. The normalized spacial score (nSPS) is 25.5. The standard InChI is InChI=1S/C9H14N2/c1-7-5-8(2)9(3)11(6-7)10-4/h7H,2-6H2,1H3. The van der Waals surface area contributed by atoms with Crippen LogP contribution >= 0.6 is 0 Å². The summed E-state index contributed by atoms with van der Waals surface area (Å²) >= 11 is 0. The van der Waals surface area contributed by atoms with E-state index in [9.17, 15) is 0 Å². The number of nitrogens with zero attached hydrogens (tertiary/aromatic N) is 2. The summed E-state index contributed by atoms with van der Waals surface area (Å²) in [5.74, 6) is 0.610. The molecule has 1 fully saturated rings. The summed E-state index contributed by atoms with van der Waals surface area (Å²) in [5, 5.41) is 5.67. The van der Waals surface area contributed by atoms with Gasteiger partial charge in [0, 0.05) is 13.3 Å². The Morgan fingerprint density at radius 3 is 2.73 bits per heavy atom. The molecule has 2 heteroatoms. The first-order valence-electron chi connectivity index (χ1n) is 3.76. The van der Waals surface area contributed by atoms with Crippen LogP contribution in [0.15, 0.2) is 29.5 Å². The van der Waals surface area contributed by atoms with Gasteiger partial charge in [0.1, 0.15) is 0 Å². The minimum Gasteiger partial charge on any atom is -0.266 e. The summed E-state index contributed by atoms with van der Waals surface area (Å²) in [6.45, 7) is 14.4. The average molecular weight is 150 g/mol. The van der Waals surface area contributed by atoms with Crippen molar-refractivity contribution in [3.05, 3.63) is 24.4 Å². The van der Waals surface area contributed by atoms with E-state index in [0.717, 1.165) is 24.2 Å². The first-order chi connectivity index (χ1) is 5.15. The first-order valence-corrected chi connectivity index (χ1v) is 3.76. The zero-order valence-corrected chi connectivity index (χ0v) is 7.01. The van der Waals surface area contributed by atoms with Gasteiger partial charge < -0.3 is 0 Å². The fourth-order valence-electron chi connectivity index (χ4n) is 1.33. The number of hydrogen-bond acceptors (Lipinski definition) is 2. The molecule has 0 aromatic rings.